The van der Waals surface area contributed by atoms with Gasteiger partial charge in [-0.1, -0.05) is 57.9 Å². The summed E-state index contributed by atoms with van der Waals surface area (Å²) in [6.45, 7) is 7.95. The van der Waals surface area contributed by atoms with E-state index in [1.807, 2.05) is 4.90 Å². The maximum atomic E-state index is 13.5. The Morgan fingerprint density at radius 3 is 2.23 bits per heavy atom. The van der Waals surface area contributed by atoms with Crippen LogP contribution in [-0.4, -0.2) is 35.8 Å². The van der Waals surface area contributed by atoms with Gasteiger partial charge in [0.05, 0.1) is 17.2 Å². The largest absolute Gasteiger partial charge is 0.472 e. The average molecular weight is 423 g/mol. The summed E-state index contributed by atoms with van der Waals surface area (Å²) in [4.78, 5) is 27.9. The van der Waals surface area contributed by atoms with Gasteiger partial charge in [-0.3, -0.25) is 9.59 Å². The van der Waals surface area contributed by atoms with Crippen LogP contribution >= 0.6 is 0 Å². The lowest BCUT2D eigenvalue weighted by Gasteiger charge is -2.35. The number of hydrogen-bond acceptors (Lipinski definition) is 3. The molecule has 0 bridgehead atoms. The molecule has 1 aromatic heterocycles. The smallest absolute Gasteiger partial charge is 0.257 e. The van der Waals surface area contributed by atoms with Crippen molar-refractivity contribution in [1.82, 2.24) is 10.2 Å². The monoisotopic (exact) mass is 422 g/mol. The van der Waals surface area contributed by atoms with E-state index in [0.29, 0.717) is 18.7 Å². The second-order valence-corrected chi connectivity index (χ2v) is 10.2. The second-order valence-electron chi connectivity index (χ2n) is 10.2. The summed E-state index contributed by atoms with van der Waals surface area (Å²) in [5, 5.41) is 3.34. The molecule has 1 aliphatic heterocycles. The van der Waals surface area contributed by atoms with E-state index in [0.717, 1.165) is 44.1 Å². The van der Waals surface area contributed by atoms with E-state index in [4.69, 9.17) is 4.42 Å². The number of carbonyl (C=O) groups excluding carboxylic acids is 2. The summed E-state index contributed by atoms with van der Waals surface area (Å²) in [6, 6.07) is 10.5. The van der Waals surface area contributed by atoms with Gasteiger partial charge in [-0.05, 0) is 48.3 Å². The van der Waals surface area contributed by atoms with Crippen LogP contribution in [0.1, 0.15) is 80.8 Å². The number of piperidine rings is 1. The Kier molecular flexibility index (Phi) is 5.96. The molecule has 0 spiro atoms. The number of nitrogens with zero attached hydrogens (tertiary/aromatic N) is 1. The molecule has 5 heteroatoms. The Hall–Kier alpha value is -2.56. The molecule has 1 aromatic carbocycles. The first kappa shape index (κ1) is 21.7. The zero-order valence-electron chi connectivity index (χ0n) is 18.9. The van der Waals surface area contributed by atoms with Crippen LogP contribution in [-0.2, 0) is 15.6 Å². The van der Waals surface area contributed by atoms with Crippen LogP contribution in [0.25, 0.3) is 0 Å². The van der Waals surface area contributed by atoms with Gasteiger partial charge in [-0.25, -0.2) is 0 Å². The van der Waals surface area contributed by atoms with E-state index in [1.54, 1.807) is 6.07 Å². The van der Waals surface area contributed by atoms with E-state index in [1.165, 1.54) is 18.1 Å². The SMILES string of the molecule is CC(C)(C)c1ccc(C2(C(=O)NC3CCN(C(=O)c4ccoc4)CC3)CCCC2)cc1. The highest BCUT2D eigenvalue weighted by molar-refractivity contribution is 5.94. The van der Waals surface area contributed by atoms with Crippen molar-refractivity contribution < 1.29 is 14.0 Å². The standard InChI is InChI=1S/C26H34N2O3/c1-25(2,3)20-6-8-21(9-7-20)26(13-4-5-14-26)24(30)27-22-10-15-28(16-11-22)23(29)19-12-17-31-18-19/h6-9,12,17-18,22H,4-5,10-11,13-16H2,1-3H3,(H,27,30). The van der Waals surface area contributed by atoms with Gasteiger partial charge in [0, 0.05) is 19.1 Å². The molecule has 0 radical (unpaired) electrons. The molecular weight excluding hydrogens is 388 g/mol. The molecule has 166 valence electrons. The summed E-state index contributed by atoms with van der Waals surface area (Å²) >= 11 is 0. The van der Waals surface area contributed by atoms with Crippen molar-refractivity contribution in [2.24, 2.45) is 0 Å². The minimum absolute atomic E-state index is 0.00438. The van der Waals surface area contributed by atoms with E-state index in [-0.39, 0.29) is 23.3 Å². The molecule has 1 aliphatic carbocycles. The van der Waals surface area contributed by atoms with Crippen molar-refractivity contribution in [2.75, 3.05) is 13.1 Å². The highest BCUT2D eigenvalue weighted by Crippen LogP contribution is 2.42. The Morgan fingerprint density at radius 1 is 1.03 bits per heavy atom. The minimum atomic E-state index is -0.417. The van der Waals surface area contributed by atoms with Crippen molar-refractivity contribution in [1.29, 1.82) is 0 Å². The zero-order valence-corrected chi connectivity index (χ0v) is 18.9. The van der Waals surface area contributed by atoms with E-state index >= 15 is 0 Å². The quantitative estimate of drug-likeness (QED) is 0.769. The molecule has 5 nitrogen and oxygen atoms in total. The lowest BCUT2D eigenvalue weighted by molar-refractivity contribution is -0.127. The van der Waals surface area contributed by atoms with Crippen molar-refractivity contribution in [2.45, 2.75) is 76.2 Å². The maximum Gasteiger partial charge on any atom is 0.257 e. The number of carbonyl (C=O) groups is 2. The van der Waals surface area contributed by atoms with Crippen LogP contribution in [0.4, 0.5) is 0 Å². The molecule has 1 saturated carbocycles. The van der Waals surface area contributed by atoms with Crippen molar-refractivity contribution in [3.8, 4) is 0 Å². The molecule has 2 aromatic rings. The Morgan fingerprint density at radius 2 is 1.68 bits per heavy atom. The Labute approximate surface area is 185 Å². The topological polar surface area (TPSA) is 62.6 Å². The molecule has 31 heavy (non-hydrogen) atoms. The van der Waals surface area contributed by atoms with Crippen LogP contribution in [0, 0.1) is 0 Å². The molecule has 0 atom stereocenters. The van der Waals surface area contributed by atoms with E-state index in [2.05, 4.69) is 50.4 Å². The highest BCUT2D eigenvalue weighted by Gasteiger charge is 2.43. The fraction of sp³-hybridized carbons (Fsp3) is 0.538. The van der Waals surface area contributed by atoms with Crippen LogP contribution < -0.4 is 5.32 Å². The molecule has 1 saturated heterocycles. The predicted molar refractivity (Wildman–Crippen MR) is 121 cm³/mol. The summed E-state index contributed by atoms with van der Waals surface area (Å²) in [5.41, 5.74) is 2.71. The van der Waals surface area contributed by atoms with Crippen molar-refractivity contribution in [3.63, 3.8) is 0 Å². The Balaban J connectivity index is 1.41. The lowest BCUT2D eigenvalue weighted by Crippen LogP contribution is -2.51. The zero-order chi connectivity index (χ0) is 22.1. The highest BCUT2D eigenvalue weighted by atomic mass is 16.3. The third-order valence-corrected chi connectivity index (χ3v) is 7.08. The van der Waals surface area contributed by atoms with Gasteiger partial charge in [0.15, 0.2) is 0 Å². The molecule has 2 aliphatic rings. The number of rotatable bonds is 4. The van der Waals surface area contributed by atoms with Gasteiger partial charge in [0.2, 0.25) is 5.91 Å². The normalized spacial score (nSPS) is 19.4. The molecule has 2 amide bonds. The number of hydrogen-bond donors (Lipinski definition) is 1. The molecule has 2 fully saturated rings. The first-order chi connectivity index (χ1) is 14.8. The number of nitrogens with one attached hydrogen (secondary N) is 1. The number of furan rings is 1. The molecular formula is C26H34N2O3. The van der Waals surface area contributed by atoms with Crippen molar-refractivity contribution >= 4 is 11.8 Å². The van der Waals surface area contributed by atoms with E-state index < -0.39 is 5.41 Å². The fourth-order valence-electron chi connectivity index (χ4n) is 5.03. The number of amides is 2. The van der Waals surface area contributed by atoms with Crippen LogP contribution in [0.3, 0.4) is 0 Å². The lowest BCUT2D eigenvalue weighted by atomic mass is 9.76. The second kappa shape index (κ2) is 8.52. The summed E-state index contributed by atoms with van der Waals surface area (Å²) in [5.74, 6) is 0.165. The van der Waals surface area contributed by atoms with Gasteiger partial charge < -0.3 is 14.6 Å². The molecule has 0 unspecified atom stereocenters. The van der Waals surface area contributed by atoms with Crippen LogP contribution in [0.2, 0.25) is 0 Å². The van der Waals surface area contributed by atoms with Gasteiger partial charge in [-0.2, -0.15) is 0 Å². The molecule has 1 N–H and O–H groups in total. The summed E-state index contributed by atoms with van der Waals surface area (Å²) < 4.78 is 5.03. The molecule has 4 rings (SSSR count). The first-order valence-corrected chi connectivity index (χ1v) is 11.5. The Bertz CT molecular complexity index is 895. The number of likely N-dealkylation sites (tertiary alicyclic amines) is 1. The number of benzene rings is 1. The maximum absolute atomic E-state index is 13.5. The predicted octanol–water partition coefficient (Wildman–Crippen LogP) is 4.81. The van der Waals surface area contributed by atoms with Gasteiger partial charge in [-0.15, -0.1) is 0 Å². The van der Waals surface area contributed by atoms with Crippen LogP contribution in [0.15, 0.2) is 47.3 Å². The molecule has 2 heterocycles. The average Bonchev–Trinajstić information content (AvgIpc) is 3.46. The first-order valence-electron chi connectivity index (χ1n) is 11.5. The summed E-state index contributed by atoms with van der Waals surface area (Å²) in [7, 11) is 0. The van der Waals surface area contributed by atoms with Crippen molar-refractivity contribution in [3.05, 3.63) is 59.5 Å². The third-order valence-electron chi connectivity index (χ3n) is 7.08. The van der Waals surface area contributed by atoms with Gasteiger partial charge >= 0.3 is 0 Å². The fourth-order valence-corrected chi connectivity index (χ4v) is 5.03. The third kappa shape index (κ3) is 4.41. The van der Waals surface area contributed by atoms with Crippen LogP contribution in [0.5, 0.6) is 0 Å². The summed E-state index contributed by atoms with van der Waals surface area (Å²) in [6.07, 6.45) is 8.58. The van der Waals surface area contributed by atoms with Gasteiger partial charge in [0.25, 0.3) is 5.91 Å². The minimum Gasteiger partial charge on any atom is -0.472 e. The van der Waals surface area contributed by atoms with Gasteiger partial charge in [0.1, 0.15) is 6.26 Å². The van der Waals surface area contributed by atoms with E-state index in [9.17, 15) is 9.59 Å².